The average molecular weight is 591 g/mol. The highest BCUT2D eigenvalue weighted by Gasteiger charge is 2.33. The summed E-state index contributed by atoms with van der Waals surface area (Å²) in [4.78, 5) is 41.9. The van der Waals surface area contributed by atoms with Crippen molar-refractivity contribution < 1.29 is 9.59 Å². The van der Waals surface area contributed by atoms with Crippen LogP contribution >= 0.6 is 0 Å². The van der Waals surface area contributed by atoms with Gasteiger partial charge in [-0.1, -0.05) is 107 Å². The first-order valence-corrected chi connectivity index (χ1v) is 16.5. The Bertz CT molecular complexity index is 1760. The van der Waals surface area contributed by atoms with Crippen molar-refractivity contribution in [3.05, 3.63) is 92.3 Å². The fourth-order valence-corrected chi connectivity index (χ4v) is 6.94. The molecule has 44 heavy (non-hydrogen) atoms. The number of rotatable bonds is 14. The SMILES string of the molecule is CCCCCCCCCCCCC(=O)c1c2c3c(c(Nc4c(C)cc(C)cc4C)ccc3n(C)c1=O)C(=O)c1ccccc1-2. The first-order chi connectivity index (χ1) is 21.2. The van der Waals surface area contributed by atoms with E-state index in [9.17, 15) is 14.4 Å². The highest BCUT2D eigenvalue weighted by molar-refractivity contribution is 6.30. The summed E-state index contributed by atoms with van der Waals surface area (Å²) in [6.45, 7) is 8.44. The van der Waals surface area contributed by atoms with Crippen molar-refractivity contribution in [3.63, 3.8) is 0 Å². The summed E-state index contributed by atoms with van der Waals surface area (Å²) in [5.74, 6) is -0.240. The zero-order valence-electron chi connectivity index (χ0n) is 27.1. The highest BCUT2D eigenvalue weighted by Crippen LogP contribution is 2.44. The molecule has 0 saturated heterocycles. The summed E-state index contributed by atoms with van der Waals surface area (Å²) in [7, 11) is 1.70. The third-order valence-corrected chi connectivity index (χ3v) is 9.20. The molecule has 0 amide bonds. The van der Waals surface area contributed by atoms with Crippen molar-refractivity contribution in [1.29, 1.82) is 0 Å². The molecule has 1 heterocycles. The average Bonchev–Trinajstić information content (AvgIpc) is 3.00. The number of aryl methyl sites for hydroxylation is 4. The minimum Gasteiger partial charge on any atom is -0.354 e. The molecule has 0 spiro atoms. The van der Waals surface area contributed by atoms with Crippen LogP contribution in [0.1, 0.15) is 121 Å². The van der Waals surface area contributed by atoms with Gasteiger partial charge in [0.05, 0.1) is 22.3 Å². The maximum absolute atomic E-state index is 14.2. The number of aromatic nitrogens is 1. The summed E-state index contributed by atoms with van der Waals surface area (Å²) in [5.41, 5.74) is 7.86. The number of carbonyl (C=O) groups is 2. The lowest BCUT2D eigenvalue weighted by molar-refractivity contribution is 0.0976. The van der Waals surface area contributed by atoms with Gasteiger partial charge in [0.15, 0.2) is 11.6 Å². The van der Waals surface area contributed by atoms with E-state index in [-0.39, 0.29) is 22.7 Å². The van der Waals surface area contributed by atoms with Crippen LogP contribution in [0.15, 0.2) is 53.3 Å². The predicted molar refractivity (Wildman–Crippen MR) is 183 cm³/mol. The Balaban J connectivity index is 1.50. The van der Waals surface area contributed by atoms with Crippen LogP contribution < -0.4 is 10.9 Å². The second-order valence-corrected chi connectivity index (χ2v) is 12.6. The van der Waals surface area contributed by atoms with Crippen molar-refractivity contribution >= 4 is 33.8 Å². The molecule has 0 saturated carbocycles. The summed E-state index contributed by atoms with van der Waals surface area (Å²) >= 11 is 0. The second kappa shape index (κ2) is 13.8. The third-order valence-electron chi connectivity index (χ3n) is 9.20. The lowest BCUT2D eigenvalue weighted by atomic mass is 9.80. The molecule has 5 heteroatoms. The van der Waals surface area contributed by atoms with Crippen LogP contribution in [-0.4, -0.2) is 16.1 Å². The molecule has 1 aromatic heterocycles. The number of nitrogens with zero attached hydrogens (tertiary/aromatic N) is 1. The topological polar surface area (TPSA) is 68.2 Å². The van der Waals surface area contributed by atoms with Gasteiger partial charge in [0.2, 0.25) is 0 Å². The van der Waals surface area contributed by atoms with E-state index in [1.165, 1.54) is 50.5 Å². The molecule has 1 N–H and O–H groups in total. The lowest BCUT2D eigenvalue weighted by Crippen LogP contribution is -2.28. The first kappa shape index (κ1) is 31.4. The first-order valence-electron chi connectivity index (χ1n) is 16.5. The zero-order valence-corrected chi connectivity index (χ0v) is 27.1. The van der Waals surface area contributed by atoms with Crippen LogP contribution in [-0.2, 0) is 7.05 Å². The van der Waals surface area contributed by atoms with Gasteiger partial charge in [-0.25, -0.2) is 0 Å². The molecule has 1 aliphatic rings. The van der Waals surface area contributed by atoms with E-state index in [1.54, 1.807) is 17.7 Å². The van der Waals surface area contributed by atoms with Gasteiger partial charge in [0.25, 0.3) is 5.56 Å². The molecular weight excluding hydrogens is 544 g/mol. The van der Waals surface area contributed by atoms with Gasteiger partial charge >= 0.3 is 0 Å². The molecule has 4 aromatic rings. The van der Waals surface area contributed by atoms with Crippen molar-refractivity contribution in [2.24, 2.45) is 7.05 Å². The Morgan fingerprint density at radius 1 is 0.750 bits per heavy atom. The number of anilines is 2. The van der Waals surface area contributed by atoms with Crippen molar-refractivity contribution in [2.45, 2.75) is 98.3 Å². The Morgan fingerprint density at radius 3 is 1.98 bits per heavy atom. The molecule has 0 atom stereocenters. The van der Waals surface area contributed by atoms with Crippen LogP contribution in [0.25, 0.3) is 22.0 Å². The van der Waals surface area contributed by atoms with E-state index >= 15 is 0 Å². The van der Waals surface area contributed by atoms with Gasteiger partial charge in [-0.3, -0.25) is 14.4 Å². The number of ketones is 2. The Morgan fingerprint density at radius 2 is 1.34 bits per heavy atom. The minimum atomic E-state index is -0.300. The number of Topliss-reactive ketones (excluding diaryl/α,β-unsaturated/α-hetero) is 1. The van der Waals surface area contributed by atoms with Gasteiger partial charge in [-0.05, 0) is 56.0 Å². The molecule has 0 fully saturated rings. The molecule has 230 valence electrons. The van der Waals surface area contributed by atoms with Crippen molar-refractivity contribution in [2.75, 3.05) is 5.32 Å². The van der Waals surface area contributed by atoms with Gasteiger partial charge in [-0.15, -0.1) is 0 Å². The lowest BCUT2D eigenvalue weighted by Gasteiger charge is -2.26. The fourth-order valence-electron chi connectivity index (χ4n) is 6.94. The Labute approximate surface area is 261 Å². The molecular formula is C39H46N2O3. The quantitative estimate of drug-likeness (QED) is 0.103. The summed E-state index contributed by atoms with van der Waals surface area (Å²) in [6, 6.07) is 15.4. The van der Waals surface area contributed by atoms with E-state index in [0.717, 1.165) is 36.1 Å². The van der Waals surface area contributed by atoms with Crippen LogP contribution in [0.5, 0.6) is 0 Å². The number of fused-ring (bicyclic) bond motifs is 2. The number of benzene rings is 3. The number of nitrogens with one attached hydrogen (secondary N) is 1. The number of hydrogen-bond donors (Lipinski definition) is 1. The van der Waals surface area contributed by atoms with Crippen LogP contribution in [0, 0.1) is 20.8 Å². The standard InChI is InChI=1S/C39H46N2O3/c1-6-7-8-9-10-11-12-13-14-15-20-32(42)36-33-28-18-16-17-19-29(28)38(43)34-30(21-22-31(35(33)34)41(5)39(36)44)40-37-26(3)23-25(2)24-27(37)4/h16-19,21-24,40H,6-15,20H2,1-5H3. The van der Waals surface area contributed by atoms with Crippen LogP contribution in [0.2, 0.25) is 0 Å². The number of pyridine rings is 1. The molecule has 5 nitrogen and oxygen atoms in total. The highest BCUT2D eigenvalue weighted by atomic mass is 16.1. The fraction of sp³-hybridized carbons (Fsp3) is 0.410. The Kier molecular flexibility index (Phi) is 9.83. The van der Waals surface area contributed by atoms with E-state index < -0.39 is 0 Å². The number of unbranched alkanes of at least 4 members (excludes halogenated alkanes) is 9. The Hall–Kier alpha value is -3.99. The van der Waals surface area contributed by atoms with Crippen LogP contribution in [0.3, 0.4) is 0 Å². The molecule has 5 rings (SSSR count). The van der Waals surface area contributed by atoms with Gasteiger partial charge in [-0.2, -0.15) is 0 Å². The summed E-state index contributed by atoms with van der Waals surface area (Å²) in [5, 5.41) is 4.24. The minimum absolute atomic E-state index is 0.102. The van der Waals surface area contributed by atoms with Crippen molar-refractivity contribution in [1.82, 2.24) is 4.57 Å². The summed E-state index contributed by atoms with van der Waals surface area (Å²) < 4.78 is 1.54. The third kappa shape index (κ3) is 6.15. The number of hydrogen-bond acceptors (Lipinski definition) is 4. The van der Waals surface area contributed by atoms with Gasteiger partial charge < -0.3 is 9.88 Å². The van der Waals surface area contributed by atoms with Crippen LogP contribution in [0.4, 0.5) is 11.4 Å². The predicted octanol–water partition coefficient (Wildman–Crippen LogP) is 9.91. The van der Waals surface area contributed by atoms with E-state index in [1.807, 2.05) is 30.3 Å². The van der Waals surface area contributed by atoms with E-state index in [2.05, 4.69) is 45.1 Å². The molecule has 0 bridgehead atoms. The molecule has 1 aliphatic carbocycles. The summed E-state index contributed by atoms with van der Waals surface area (Å²) in [6.07, 6.45) is 12.1. The molecule has 0 radical (unpaired) electrons. The smallest absolute Gasteiger partial charge is 0.262 e. The molecule has 3 aromatic carbocycles. The largest absolute Gasteiger partial charge is 0.354 e. The second-order valence-electron chi connectivity index (χ2n) is 12.6. The monoisotopic (exact) mass is 590 g/mol. The van der Waals surface area contributed by atoms with Gasteiger partial charge in [0, 0.05) is 35.7 Å². The maximum Gasteiger partial charge on any atom is 0.262 e. The van der Waals surface area contributed by atoms with E-state index in [0.29, 0.717) is 45.3 Å². The van der Waals surface area contributed by atoms with Gasteiger partial charge in [0.1, 0.15) is 0 Å². The number of carbonyl (C=O) groups excluding carboxylic acids is 2. The maximum atomic E-state index is 14.2. The molecule has 0 aliphatic heterocycles. The van der Waals surface area contributed by atoms with Crippen molar-refractivity contribution in [3.8, 4) is 11.1 Å². The normalized spacial score (nSPS) is 12.1. The van der Waals surface area contributed by atoms with E-state index in [4.69, 9.17) is 0 Å². The zero-order chi connectivity index (χ0) is 31.4. The molecule has 0 unspecified atom stereocenters.